The number of rotatable bonds is 3. The molecule has 0 spiro atoms. The van der Waals surface area contributed by atoms with Gasteiger partial charge in [-0.3, -0.25) is 4.79 Å². The second kappa shape index (κ2) is 4.32. The van der Waals surface area contributed by atoms with E-state index in [2.05, 4.69) is 5.32 Å². The predicted octanol–water partition coefficient (Wildman–Crippen LogP) is 2.31. The molecule has 0 aromatic rings. The molecule has 0 radical (unpaired) electrons. The molecule has 1 aliphatic carbocycles. The third-order valence-corrected chi connectivity index (χ3v) is 3.19. The van der Waals surface area contributed by atoms with Crippen molar-refractivity contribution in [3.05, 3.63) is 0 Å². The number of alkyl halides is 1. The fourth-order valence-corrected chi connectivity index (χ4v) is 1.72. The van der Waals surface area contributed by atoms with Crippen molar-refractivity contribution < 1.29 is 4.79 Å². The lowest BCUT2D eigenvalue weighted by Crippen LogP contribution is -2.47. The lowest BCUT2D eigenvalue weighted by molar-refractivity contribution is -0.126. The minimum atomic E-state index is -0.263. The summed E-state index contributed by atoms with van der Waals surface area (Å²) in [6, 6.07) is 0. The van der Waals surface area contributed by atoms with E-state index in [1.165, 1.54) is 12.8 Å². The maximum Gasteiger partial charge on any atom is 0.223 e. The van der Waals surface area contributed by atoms with Gasteiger partial charge >= 0.3 is 0 Å². The Labute approximate surface area is 85.0 Å². The van der Waals surface area contributed by atoms with Crippen molar-refractivity contribution in [3.8, 4) is 0 Å². The number of amides is 1. The Morgan fingerprint density at radius 2 is 2.00 bits per heavy atom. The molecule has 0 aliphatic heterocycles. The third kappa shape index (κ3) is 3.18. The van der Waals surface area contributed by atoms with E-state index in [1.807, 2.05) is 13.8 Å². The molecule has 13 heavy (non-hydrogen) atoms. The third-order valence-electron chi connectivity index (χ3n) is 2.52. The Hall–Kier alpha value is -0.240. The van der Waals surface area contributed by atoms with Crippen molar-refractivity contribution in [3.63, 3.8) is 0 Å². The largest absolute Gasteiger partial charge is 0.350 e. The molecule has 1 saturated carbocycles. The molecular formula is C10H18ClNO. The summed E-state index contributed by atoms with van der Waals surface area (Å²) in [6.45, 7) is 3.90. The van der Waals surface area contributed by atoms with Crippen LogP contribution in [0.1, 0.15) is 39.5 Å². The molecule has 0 bridgehead atoms. The highest BCUT2D eigenvalue weighted by Gasteiger charge is 2.27. The van der Waals surface area contributed by atoms with Gasteiger partial charge in [0.2, 0.25) is 5.91 Å². The molecule has 3 heteroatoms. The average molecular weight is 204 g/mol. The average Bonchev–Trinajstić information content (AvgIpc) is 2.55. The molecule has 0 heterocycles. The van der Waals surface area contributed by atoms with Gasteiger partial charge in [0, 0.05) is 17.3 Å². The number of hydrogen-bond acceptors (Lipinski definition) is 1. The van der Waals surface area contributed by atoms with Crippen LogP contribution in [-0.2, 0) is 4.79 Å². The highest BCUT2D eigenvalue weighted by Crippen LogP contribution is 2.25. The van der Waals surface area contributed by atoms with E-state index in [1.54, 1.807) is 0 Å². The number of nitrogens with one attached hydrogen (secondary N) is 1. The Kier molecular flexibility index (Phi) is 3.60. The normalized spacial score (nSPS) is 19.0. The van der Waals surface area contributed by atoms with Crippen LogP contribution in [-0.4, -0.2) is 17.3 Å². The summed E-state index contributed by atoms with van der Waals surface area (Å²) in [5.41, 5.74) is -0.263. The van der Waals surface area contributed by atoms with Crippen LogP contribution in [0.5, 0.6) is 0 Å². The first-order valence-corrected chi connectivity index (χ1v) is 5.46. The van der Waals surface area contributed by atoms with E-state index < -0.39 is 0 Å². The summed E-state index contributed by atoms with van der Waals surface area (Å²) in [4.78, 5) is 11.7. The predicted molar refractivity (Wildman–Crippen MR) is 54.9 cm³/mol. The van der Waals surface area contributed by atoms with Gasteiger partial charge in [0.1, 0.15) is 0 Å². The fourth-order valence-electron chi connectivity index (χ4n) is 1.66. The summed E-state index contributed by atoms with van der Waals surface area (Å²) < 4.78 is 0. The summed E-state index contributed by atoms with van der Waals surface area (Å²) in [5.74, 6) is 0.886. The zero-order chi connectivity index (χ0) is 9.90. The highest BCUT2D eigenvalue weighted by atomic mass is 35.5. The molecule has 76 valence electrons. The second-order valence-electron chi connectivity index (χ2n) is 4.49. The van der Waals surface area contributed by atoms with Gasteiger partial charge in [-0.15, -0.1) is 11.6 Å². The van der Waals surface area contributed by atoms with Gasteiger partial charge in [0.25, 0.3) is 0 Å². The molecule has 1 amide bonds. The molecular weight excluding hydrogens is 186 g/mol. The molecule has 0 aromatic carbocycles. The molecule has 0 aromatic heterocycles. The van der Waals surface area contributed by atoms with E-state index >= 15 is 0 Å². The number of carbonyl (C=O) groups is 1. The van der Waals surface area contributed by atoms with Crippen LogP contribution >= 0.6 is 11.6 Å². The molecule has 2 nitrogen and oxygen atoms in total. The first-order valence-electron chi connectivity index (χ1n) is 4.93. The maximum atomic E-state index is 11.7. The molecule has 1 rings (SSSR count). The van der Waals surface area contributed by atoms with Crippen LogP contribution < -0.4 is 5.32 Å². The molecule has 1 fully saturated rings. The van der Waals surface area contributed by atoms with Gasteiger partial charge in [0.05, 0.1) is 0 Å². The lowest BCUT2D eigenvalue weighted by Gasteiger charge is -2.25. The van der Waals surface area contributed by atoms with E-state index in [9.17, 15) is 4.79 Å². The summed E-state index contributed by atoms with van der Waals surface area (Å²) >= 11 is 5.73. The molecule has 1 N–H and O–H groups in total. The van der Waals surface area contributed by atoms with Crippen LogP contribution in [0, 0.1) is 5.92 Å². The maximum absolute atomic E-state index is 11.7. The monoisotopic (exact) mass is 203 g/mol. The van der Waals surface area contributed by atoms with Crippen LogP contribution in [0.25, 0.3) is 0 Å². The smallest absolute Gasteiger partial charge is 0.223 e. The van der Waals surface area contributed by atoms with Crippen molar-refractivity contribution in [2.45, 2.75) is 45.1 Å². The highest BCUT2D eigenvalue weighted by molar-refractivity contribution is 6.18. The van der Waals surface area contributed by atoms with Gasteiger partial charge in [-0.05, 0) is 26.7 Å². The Bertz CT molecular complexity index is 185. The van der Waals surface area contributed by atoms with Gasteiger partial charge in [-0.1, -0.05) is 12.8 Å². The van der Waals surface area contributed by atoms with Crippen LogP contribution in [0.15, 0.2) is 0 Å². The fraction of sp³-hybridized carbons (Fsp3) is 0.900. The van der Waals surface area contributed by atoms with E-state index in [0.717, 1.165) is 12.8 Å². The topological polar surface area (TPSA) is 29.1 Å². The quantitative estimate of drug-likeness (QED) is 0.701. The zero-order valence-corrected chi connectivity index (χ0v) is 9.16. The van der Waals surface area contributed by atoms with Gasteiger partial charge in [-0.2, -0.15) is 0 Å². The summed E-state index contributed by atoms with van der Waals surface area (Å²) in [6.07, 6.45) is 4.48. The first kappa shape index (κ1) is 10.8. The zero-order valence-electron chi connectivity index (χ0n) is 8.40. The minimum absolute atomic E-state index is 0.183. The lowest BCUT2D eigenvalue weighted by atomic mass is 10.0. The van der Waals surface area contributed by atoms with Crippen molar-refractivity contribution in [2.75, 3.05) is 5.88 Å². The van der Waals surface area contributed by atoms with Gasteiger partial charge in [-0.25, -0.2) is 0 Å². The number of hydrogen-bond donors (Lipinski definition) is 1. The van der Waals surface area contributed by atoms with Crippen molar-refractivity contribution in [1.29, 1.82) is 0 Å². The van der Waals surface area contributed by atoms with Crippen molar-refractivity contribution >= 4 is 17.5 Å². The second-order valence-corrected chi connectivity index (χ2v) is 4.76. The van der Waals surface area contributed by atoms with Crippen LogP contribution in [0.2, 0.25) is 0 Å². The first-order chi connectivity index (χ1) is 6.05. The Morgan fingerprint density at radius 1 is 1.46 bits per heavy atom. The molecule has 0 unspecified atom stereocenters. The standard InChI is InChI=1S/C10H18ClNO/c1-10(2,7-11)12-9(13)8-5-3-4-6-8/h8H,3-7H2,1-2H3,(H,12,13). The number of halogens is 1. The van der Waals surface area contributed by atoms with Crippen molar-refractivity contribution in [2.24, 2.45) is 5.92 Å². The Morgan fingerprint density at radius 3 is 2.46 bits per heavy atom. The van der Waals surface area contributed by atoms with Crippen molar-refractivity contribution in [1.82, 2.24) is 5.32 Å². The van der Waals surface area contributed by atoms with E-state index in [-0.39, 0.29) is 17.4 Å². The summed E-state index contributed by atoms with van der Waals surface area (Å²) in [7, 11) is 0. The molecule has 1 aliphatic rings. The van der Waals surface area contributed by atoms with Gasteiger partial charge < -0.3 is 5.32 Å². The Balaban J connectivity index is 2.40. The van der Waals surface area contributed by atoms with E-state index in [4.69, 9.17) is 11.6 Å². The van der Waals surface area contributed by atoms with Gasteiger partial charge in [0.15, 0.2) is 0 Å². The molecule has 0 atom stereocenters. The minimum Gasteiger partial charge on any atom is -0.350 e. The number of carbonyl (C=O) groups excluding carboxylic acids is 1. The summed E-state index contributed by atoms with van der Waals surface area (Å²) in [5, 5.41) is 2.98. The SMILES string of the molecule is CC(C)(CCl)NC(=O)C1CCCC1. The van der Waals surface area contributed by atoms with Crippen LogP contribution in [0.3, 0.4) is 0 Å². The van der Waals surface area contributed by atoms with Crippen LogP contribution in [0.4, 0.5) is 0 Å². The van der Waals surface area contributed by atoms with E-state index in [0.29, 0.717) is 5.88 Å². The molecule has 0 saturated heterocycles.